The molecule has 0 radical (unpaired) electrons. The standard InChI is InChI=1S/C24H19F3N4O3S2/c1-32-16-7-11-19(12-8-16)35-22-29-21(28-15-3-5-18(6-4-15)34-24(25,26)27)30-23(31-22)36-20-13-9-17(33-2)10-14-20/h3-14H,1-2H3,(H,28,29,30,31). The summed E-state index contributed by atoms with van der Waals surface area (Å²) in [5.74, 6) is 1.37. The van der Waals surface area contributed by atoms with Crippen molar-refractivity contribution in [1.82, 2.24) is 15.0 Å². The van der Waals surface area contributed by atoms with Gasteiger partial charge in [-0.3, -0.25) is 0 Å². The summed E-state index contributed by atoms with van der Waals surface area (Å²) in [6, 6.07) is 20.2. The molecule has 1 N–H and O–H groups in total. The number of rotatable bonds is 9. The Morgan fingerprint density at radius 2 is 1.08 bits per heavy atom. The first-order valence-corrected chi connectivity index (χ1v) is 12.0. The first-order valence-electron chi connectivity index (χ1n) is 10.3. The van der Waals surface area contributed by atoms with E-state index < -0.39 is 6.36 Å². The number of anilines is 2. The van der Waals surface area contributed by atoms with Crippen LogP contribution in [0, 0.1) is 0 Å². The van der Waals surface area contributed by atoms with Crippen molar-refractivity contribution in [3.8, 4) is 17.2 Å². The molecule has 36 heavy (non-hydrogen) atoms. The van der Waals surface area contributed by atoms with Crippen LogP contribution in [0.15, 0.2) is 92.9 Å². The van der Waals surface area contributed by atoms with Gasteiger partial charge in [-0.2, -0.15) is 15.0 Å². The van der Waals surface area contributed by atoms with E-state index in [1.165, 1.54) is 47.8 Å². The lowest BCUT2D eigenvalue weighted by Gasteiger charge is -2.11. The third kappa shape index (κ3) is 7.43. The van der Waals surface area contributed by atoms with Crippen LogP contribution in [0.25, 0.3) is 0 Å². The Balaban J connectivity index is 1.58. The Hall–Kier alpha value is -3.64. The van der Waals surface area contributed by atoms with Gasteiger partial charge in [-0.25, -0.2) is 0 Å². The van der Waals surface area contributed by atoms with E-state index in [2.05, 4.69) is 25.0 Å². The van der Waals surface area contributed by atoms with E-state index in [9.17, 15) is 13.2 Å². The average molecular weight is 533 g/mol. The molecule has 1 aromatic heterocycles. The van der Waals surface area contributed by atoms with Gasteiger partial charge in [-0.1, -0.05) is 0 Å². The highest BCUT2D eigenvalue weighted by atomic mass is 32.2. The first kappa shape index (κ1) is 25.5. The van der Waals surface area contributed by atoms with Crippen LogP contribution in [-0.4, -0.2) is 35.5 Å². The quantitative estimate of drug-likeness (QED) is 0.249. The molecule has 3 aromatic carbocycles. The molecular weight excluding hydrogens is 513 g/mol. The topological polar surface area (TPSA) is 78.4 Å². The monoisotopic (exact) mass is 532 g/mol. The molecule has 0 aliphatic rings. The number of halogens is 3. The largest absolute Gasteiger partial charge is 0.573 e. The second-order valence-electron chi connectivity index (χ2n) is 6.98. The van der Waals surface area contributed by atoms with Gasteiger partial charge in [-0.15, -0.1) is 13.2 Å². The summed E-state index contributed by atoms with van der Waals surface area (Å²) in [5.41, 5.74) is 0.483. The van der Waals surface area contributed by atoms with Gasteiger partial charge in [0.05, 0.1) is 14.2 Å². The number of nitrogens with one attached hydrogen (secondary N) is 1. The summed E-state index contributed by atoms with van der Waals surface area (Å²) in [6.07, 6.45) is -4.76. The molecule has 0 amide bonds. The minimum Gasteiger partial charge on any atom is -0.497 e. The van der Waals surface area contributed by atoms with Crippen molar-refractivity contribution in [2.75, 3.05) is 19.5 Å². The van der Waals surface area contributed by atoms with Gasteiger partial charge >= 0.3 is 6.36 Å². The Morgan fingerprint density at radius 1 is 0.639 bits per heavy atom. The number of aromatic nitrogens is 3. The van der Waals surface area contributed by atoms with Crippen LogP contribution in [0.5, 0.6) is 17.2 Å². The number of hydrogen-bond acceptors (Lipinski definition) is 9. The van der Waals surface area contributed by atoms with Gasteiger partial charge in [0, 0.05) is 15.5 Å². The second kappa shape index (κ2) is 11.4. The van der Waals surface area contributed by atoms with Gasteiger partial charge in [0.2, 0.25) is 5.95 Å². The molecule has 0 aliphatic carbocycles. The minimum atomic E-state index is -4.76. The van der Waals surface area contributed by atoms with Crippen LogP contribution >= 0.6 is 23.5 Å². The molecule has 0 bridgehead atoms. The molecule has 0 spiro atoms. The fraction of sp³-hybridized carbons (Fsp3) is 0.125. The van der Waals surface area contributed by atoms with Crippen LogP contribution in [0.3, 0.4) is 0 Å². The number of benzene rings is 3. The zero-order chi connectivity index (χ0) is 25.5. The third-order valence-corrected chi connectivity index (χ3v) is 6.22. The van der Waals surface area contributed by atoms with Crippen molar-refractivity contribution in [3.63, 3.8) is 0 Å². The molecule has 4 rings (SSSR count). The van der Waals surface area contributed by atoms with Crippen LogP contribution in [0.2, 0.25) is 0 Å². The smallest absolute Gasteiger partial charge is 0.497 e. The molecule has 0 aliphatic heterocycles. The summed E-state index contributed by atoms with van der Waals surface area (Å²) < 4.78 is 51.6. The Kier molecular flexibility index (Phi) is 8.06. The predicted molar refractivity (Wildman–Crippen MR) is 130 cm³/mol. The summed E-state index contributed by atoms with van der Waals surface area (Å²) >= 11 is 2.67. The summed E-state index contributed by atoms with van der Waals surface area (Å²) in [7, 11) is 3.19. The average Bonchev–Trinajstić information content (AvgIpc) is 2.85. The van der Waals surface area contributed by atoms with E-state index in [1.807, 2.05) is 48.5 Å². The molecule has 0 unspecified atom stereocenters. The Morgan fingerprint density at radius 3 is 1.50 bits per heavy atom. The van der Waals surface area contributed by atoms with Crippen molar-refractivity contribution >= 4 is 35.2 Å². The maximum atomic E-state index is 12.4. The number of alkyl halides is 3. The molecule has 186 valence electrons. The number of hydrogen-bond donors (Lipinski definition) is 1. The predicted octanol–water partition coefficient (Wildman–Crippen LogP) is 6.83. The van der Waals surface area contributed by atoms with Gasteiger partial charge in [-0.05, 0) is 96.3 Å². The number of methoxy groups -OCH3 is 2. The summed E-state index contributed by atoms with van der Waals surface area (Å²) in [5, 5.41) is 3.89. The van der Waals surface area contributed by atoms with Crippen LogP contribution in [0.1, 0.15) is 0 Å². The molecule has 7 nitrogen and oxygen atoms in total. The first-order chi connectivity index (χ1) is 17.3. The molecule has 12 heteroatoms. The molecule has 4 aromatic rings. The molecular formula is C24H19F3N4O3S2. The second-order valence-corrected chi connectivity index (χ2v) is 9.06. The lowest BCUT2D eigenvalue weighted by Crippen LogP contribution is -2.17. The van der Waals surface area contributed by atoms with E-state index >= 15 is 0 Å². The molecule has 0 saturated heterocycles. The number of nitrogens with zero attached hydrogens (tertiary/aromatic N) is 3. The third-order valence-electron chi connectivity index (χ3n) is 4.48. The molecule has 1 heterocycles. The Labute approximate surface area is 213 Å². The van der Waals surface area contributed by atoms with Crippen molar-refractivity contribution < 1.29 is 27.4 Å². The van der Waals surface area contributed by atoms with E-state index in [0.29, 0.717) is 16.0 Å². The van der Waals surface area contributed by atoms with Crippen molar-refractivity contribution in [1.29, 1.82) is 0 Å². The molecule has 0 atom stereocenters. The van der Waals surface area contributed by atoms with Crippen LogP contribution in [-0.2, 0) is 0 Å². The minimum absolute atomic E-state index is 0.238. The van der Waals surface area contributed by atoms with Crippen molar-refractivity contribution in [2.24, 2.45) is 0 Å². The normalized spacial score (nSPS) is 11.1. The van der Waals surface area contributed by atoms with Gasteiger partial charge in [0.1, 0.15) is 17.2 Å². The highest BCUT2D eigenvalue weighted by molar-refractivity contribution is 7.99. The lowest BCUT2D eigenvalue weighted by atomic mass is 10.3. The van der Waals surface area contributed by atoms with Gasteiger partial charge in [0.25, 0.3) is 0 Å². The van der Waals surface area contributed by atoms with E-state index in [1.54, 1.807) is 14.2 Å². The van der Waals surface area contributed by atoms with Crippen molar-refractivity contribution in [2.45, 2.75) is 26.5 Å². The SMILES string of the molecule is COc1ccc(Sc2nc(Nc3ccc(OC(F)(F)F)cc3)nc(Sc3ccc(OC)cc3)n2)cc1. The van der Waals surface area contributed by atoms with Crippen molar-refractivity contribution in [3.05, 3.63) is 72.8 Å². The van der Waals surface area contributed by atoms with E-state index in [-0.39, 0.29) is 11.7 Å². The summed E-state index contributed by atoms with van der Waals surface area (Å²) in [6.45, 7) is 0. The lowest BCUT2D eigenvalue weighted by molar-refractivity contribution is -0.274. The molecule has 0 saturated carbocycles. The van der Waals surface area contributed by atoms with Gasteiger partial charge < -0.3 is 19.5 Å². The maximum absolute atomic E-state index is 12.4. The molecule has 0 fully saturated rings. The van der Waals surface area contributed by atoms with E-state index in [0.717, 1.165) is 21.3 Å². The summed E-state index contributed by atoms with van der Waals surface area (Å²) in [4.78, 5) is 15.3. The van der Waals surface area contributed by atoms with Gasteiger partial charge in [0.15, 0.2) is 10.3 Å². The maximum Gasteiger partial charge on any atom is 0.573 e. The number of ether oxygens (including phenoxy) is 3. The van der Waals surface area contributed by atoms with Crippen LogP contribution in [0.4, 0.5) is 24.8 Å². The fourth-order valence-corrected chi connectivity index (χ4v) is 4.40. The zero-order valence-electron chi connectivity index (χ0n) is 18.9. The zero-order valence-corrected chi connectivity index (χ0v) is 20.6. The van der Waals surface area contributed by atoms with E-state index in [4.69, 9.17) is 9.47 Å². The van der Waals surface area contributed by atoms with Crippen LogP contribution < -0.4 is 19.5 Å². The Bertz CT molecular complexity index is 1220. The highest BCUT2D eigenvalue weighted by Gasteiger charge is 2.31. The fourth-order valence-electron chi connectivity index (χ4n) is 2.85. The highest BCUT2D eigenvalue weighted by Crippen LogP contribution is 2.32.